The summed E-state index contributed by atoms with van der Waals surface area (Å²) in [5.74, 6) is -1.29. The van der Waals surface area contributed by atoms with Crippen molar-refractivity contribution in [1.82, 2.24) is 4.90 Å². The molecule has 6 nitrogen and oxygen atoms in total. The van der Waals surface area contributed by atoms with Crippen LogP contribution >= 0.6 is 12.6 Å². The van der Waals surface area contributed by atoms with Gasteiger partial charge in [0.2, 0.25) is 5.91 Å². The van der Waals surface area contributed by atoms with Crippen LogP contribution in [0.4, 0.5) is 0 Å². The van der Waals surface area contributed by atoms with Crippen LogP contribution in [0.5, 0.6) is 0 Å². The number of aliphatic carboxylic acids is 1. The Kier molecular flexibility index (Phi) is 5.90. The van der Waals surface area contributed by atoms with Crippen molar-refractivity contribution in [3.8, 4) is 0 Å². The van der Waals surface area contributed by atoms with Gasteiger partial charge in [0.25, 0.3) is 0 Å². The first-order valence-corrected chi connectivity index (χ1v) is 6.66. The Morgan fingerprint density at radius 3 is 2.67 bits per heavy atom. The van der Waals surface area contributed by atoms with Crippen molar-refractivity contribution in [3.05, 3.63) is 0 Å². The fraction of sp³-hybridized carbons (Fsp3) is 0.818. The van der Waals surface area contributed by atoms with Gasteiger partial charge >= 0.3 is 5.97 Å². The van der Waals surface area contributed by atoms with Gasteiger partial charge in [-0.3, -0.25) is 4.79 Å². The minimum absolute atomic E-state index is 0.0860. The molecule has 0 aromatic carbocycles. The predicted octanol–water partition coefficient (Wildman–Crippen LogP) is -0.682. The molecule has 0 aliphatic carbocycles. The van der Waals surface area contributed by atoms with Crippen molar-refractivity contribution < 1.29 is 19.8 Å². The molecule has 1 rings (SSSR count). The molecule has 7 heteroatoms. The number of carboxylic acid groups (broad SMARTS) is 1. The molecule has 104 valence electrons. The number of amides is 1. The first kappa shape index (κ1) is 15.3. The zero-order valence-corrected chi connectivity index (χ0v) is 11.1. The molecule has 1 fully saturated rings. The van der Waals surface area contributed by atoms with Gasteiger partial charge in [0.1, 0.15) is 6.04 Å². The second-order valence-corrected chi connectivity index (χ2v) is 4.91. The van der Waals surface area contributed by atoms with Gasteiger partial charge < -0.3 is 20.8 Å². The van der Waals surface area contributed by atoms with Crippen LogP contribution in [0.15, 0.2) is 0 Å². The summed E-state index contributed by atoms with van der Waals surface area (Å²) in [6.45, 7) is 0.575. The summed E-state index contributed by atoms with van der Waals surface area (Å²) < 4.78 is 0. The number of hydrogen-bond donors (Lipinski definition) is 4. The van der Waals surface area contributed by atoms with E-state index in [2.05, 4.69) is 12.6 Å². The number of aliphatic hydroxyl groups excluding tert-OH is 1. The summed E-state index contributed by atoms with van der Waals surface area (Å²) >= 11 is 4.13. The van der Waals surface area contributed by atoms with Gasteiger partial charge in [0, 0.05) is 24.6 Å². The predicted molar refractivity (Wildman–Crippen MR) is 69.4 cm³/mol. The average Bonchev–Trinajstić information content (AvgIpc) is 2.72. The lowest BCUT2D eigenvalue weighted by Gasteiger charge is -2.25. The van der Waals surface area contributed by atoms with Gasteiger partial charge in [-0.1, -0.05) is 0 Å². The minimum Gasteiger partial charge on any atom is -0.480 e. The lowest BCUT2D eigenvalue weighted by Crippen LogP contribution is -2.44. The molecule has 0 saturated carbocycles. The van der Waals surface area contributed by atoms with Crippen molar-refractivity contribution in [1.29, 1.82) is 0 Å². The van der Waals surface area contributed by atoms with Gasteiger partial charge in [-0.2, -0.15) is 12.6 Å². The zero-order valence-electron chi connectivity index (χ0n) is 10.2. The Bertz CT molecular complexity index is 313. The van der Waals surface area contributed by atoms with E-state index in [1.807, 2.05) is 0 Å². The molecule has 1 amide bonds. The van der Waals surface area contributed by atoms with Gasteiger partial charge in [-0.05, 0) is 19.4 Å². The fourth-order valence-electron chi connectivity index (χ4n) is 2.18. The molecule has 1 aliphatic rings. The number of β-amino-alcohol motifs (C(OH)–C–C–N with tert-alkyl or cyclic N) is 1. The van der Waals surface area contributed by atoms with E-state index >= 15 is 0 Å². The summed E-state index contributed by atoms with van der Waals surface area (Å²) in [5.41, 5.74) is 5.40. The van der Waals surface area contributed by atoms with Crippen LogP contribution < -0.4 is 5.73 Å². The first-order chi connectivity index (χ1) is 8.51. The standard InChI is InChI=1S/C11H20N2O4S/c12-3-1-2-7(6-18)10(15)13-5-8(14)4-9(13)11(16)17/h7-9,14,18H,1-6,12H2,(H,16,17)/t7?,8?,9-/m0/s1. The third-order valence-corrected chi connectivity index (χ3v) is 3.61. The maximum atomic E-state index is 12.2. The highest BCUT2D eigenvalue weighted by molar-refractivity contribution is 7.80. The number of likely N-dealkylation sites (tertiary alicyclic amines) is 1. The number of carbonyl (C=O) groups excluding carboxylic acids is 1. The SMILES string of the molecule is NCCCC(CS)C(=O)N1CC(O)C[C@H]1C(=O)O. The lowest BCUT2D eigenvalue weighted by molar-refractivity contribution is -0.149. The number of nitrogens with two attached hydrogens (primary N) is 1. The molecule has 4 N–H and O–H groups in total. The molecular weight excluding hydrogens is 256 g/mol. The van der Waals surface area contributed by atoms with E-state index in [4.69, 9.17) is 10.8 Å². The second kappa shape index (κ2) is 6.96. The van der Waals surface area contributed by atoms with Crippen molar-refractivity contribution in [2.75, 3.05) is 18.8 Å². The molecule has 0 aromatic heterocycles. The smallest absolute Gasteiger partial charge is 0.326 e. The zero-order chi connectivity index (χ0) is 13.7. The Morgan fingerprint density at radius 1 is 1.50 bits per heavy atom. The van der Waals surface area contributed by atoms with Gasteiger partial charge in [-0.15, -0.1) is 0 Å². The van der Waals surface area contributed by atoms with E-state index in [1.165, 1.54) is 4.90 Å². The maximum Gasteiger partial charge on any atom is 0.326 e. The van der Waals surface area contributed by atoms with Gasteiger partial charge in [0.15, 0.2) is 0 Å². The normalized spacial score (nSPS) is 25.2. The number of aliphatic hydroxyl groups is 1. The fourth-order valence-corrected chi connectivity index (χ4v) is 2.52. The minimum atomic E-state index is -1.07. The molecular formula is C11H20N2O4S. The van der Waals surface area contributed by atoms with E-state index in [9.17, 15) is 14.7 Å². The highest BCUT2D eigenvalue weighted by atomic mass is 32.1. The molecule has 18 heavy (non-hydrogen) atoms. The second-order valence-electron chi connectivity index (χ2n) is 4.54. The summed E-state index contributed by atoms with van der Waals surface area (Å²) in [7, 11) is 0. The summed E-state index contributed by atoms with van der Waals surface area (Å²) in [4.78, 5) is 24.5. The molecule has 3 atom stereocenters. The lowest BCUT2D eigenvalue weighted by atomic mass is 10.0. The van der Waals surface area contributed by atoms with Crippen molar-refractivity contribution in [3.63, 3.8) is 0 Å². The van der Waals surface area contributed by atoms with Crippen molar-refractivity contribution >= 4 is 24.5 Å². The van der Waals surface area contributed by atoms with Crippen LogP contribution in [0, 0.1) is 5.92 Å². The molecule has 0 aromatic rings. The highest BCUT2D eigenvalue weighted by Crippen LogP contribution is 2.22. The van der Waals surface area contributed by atoms with Crippen LogP contribution in [0.1, 0.15) is 19.3 Å². The van der Waals surface area contributed by atoms with Crippen molar-refractivity contribution in [2.24, 2.45) is 11.7 Å². The number of hydrogen-bond acceptors (Lipinski definition) is 5. The monoisotopic (exact) mass is 276 g/mol. The third-order valence-electron chi connectivity index (χ3n) is 3.17. The molecule has 1 saturated heterocycles. The number of thiol groups is 1. The number of rotatable bonds is 6. The topological polar surface area (TPSA) is 104 Å². The first-order valence-electron chi connectivity index (χ1n) is 6.03. The molecule has 0 spiro atoms. The molecule has 0 radical (unpaired) electrons. The van der Waals surface area contributed by atoms with E-state index in [0.29, 0.717) is 25.1 Å². The van der Waals surface area contributed by atoms with Gasteiger partial charge in [-0.25, -0.2) is 4.79 Å². The molecule has 2 unspecified atom stereocenters. The van der Waals surface area contributed by atoms with Crippen LogP contribution in [0.3, 0.4) is 0 Å². The van der Waals surface area contributed by atoms with Gasteiger partial charge in [0.05, 0.1) is 6.10 Å². The maximum absolute atomic E-state index is 12.2. The third kappa shape index (κ3) is 3.60. The van der Waals surface area contributed by atoms with Crippen molar-refractivity contribution in [2.45, 2.75) is 31.4 Å². The van der Waals surface area contributed by atoms with E-state index < -0.39 is 18.1 Å². The van der Waals surface area contributed by atoms with Crippen LogP contribution in [-0.2, 0) is 9.59 Å². The number of carboxylic acids is 1. The largest absolute Gasteiger partial charge is 0.480 e. The average molecular weight is 276 g/mol. The quantitative estimate of drug-likeness (QED) is 0.481. The summed E-state index contributed by atoms with van der Waals surface area (Å²) in [6.07, 6.45) is 0.630. The Balaban J connectivity index is 2.70. The van der Waals surface area contributed by atoms with E-state index in [-0.39, 0.29) is 24.8 Å². The van der Waals surface area contributed by atoms with Crippen LogP contribution in [-0.4, -0.2) is 58.0 Å². The highest BCUT2D eigenvalue weighted by Gasteiger charge is 2.40. The Morgan fingerprint density at radius 2 is 2.17 bits per heavy atom. The molecule has 0 bridgehead atoms. The van der Waals surface area contributed by atoms with Crippen LogP contribution in [0.2, 0.25) is 0 Å². The van der Waals surface area contributed by atoms with E-state index in [0.717, 1.165) is 0 Å². The van der Waals surface area contributed by atoms with Crippen LogP contribution in [0.25, 0.3) is 0 Å². The summed E-state index contributed by atoms with van der Waals surface area (Å²) in [6, 6.07) is -0.923. The number of carbonyl (C=O) groups is 2. The Labute approximate surface area is 112 Å². The number of nitrogens with zero attached hydrogens (tertiary/aromatic N) is 1. The Hall–Kier alpha value is -0.790. The van der Waals surface area contributed by atoms with E-state index in [1.54, 1.807) is 0 Å². The molecule has 1 heterocycles. The summed E-state index contributed by atoms with van der Waals surface area (Å²) in [5, 5.41) is 18.5. The molecule has 1 aliphatic heterocycles.